The lowest BCUT2D eigenvalue weighted by Crippen LogP contribution is -2.45. The lowest BCUT2D eigenvalue weighted by atomic mass is 9.82. The maximum atomic E-state index is 12.0. The summed E-state index contributed by atoms with van der Waals surface area (Å²) in [4.78, 5) is 23.7. The minimum Gasteiger partial charge on any atom is -0.493 e. The second kappa shape index (κ2) is 8.19. The van der Waals surface area contributed by atoms with Gasteiger partial charge in [-0.2, -0.15) is 0 Å². The van der Waals surface area contributed by atoms with Crippen molar-refractivity contribution in [1.82, 2.24) is 5.32 Å². The summed E-state index contributed by atoms with van der Waals surface area (Å²) < 4.78 is 10.6. The highest BCUT2D eigenvalue weighted by Gasteiger charge is 2.35. The maximum absolute atomic E-state index is 12.0. The van der Waals surface area contributed by atoms with Crippen LogP contribution in [0.2, 0.25) is 0 Å². The second-order valence-electron chi connectivity index (χ2n) is 5.72. The van der Waals surface area contributed by atoms with Crippen molar-refractivity contribution in [1.29, 1.82) is 0 Å². The summed E-state index contributed by atoms with van der Waals surface area (Å²) in [6.07, 6.45) is 0. The molecule has 132 valence electrons. The van der Waals surface area contributed by atoms with Gasteiger partial charge in [0, 0.05) is 6.54 Å². The fraction of sp³-hybridized carbons (Fsp3) is 0.263. The molecule has 2 aromatic rings. The zero-order valence-corrected chi connectivity index (χ0v) is 14.2. The van der Waals surface area contributed by atoms with Crippen LogP contribution in [0.5, 0.6) is 11.5 Å². The van der Waals surface area contributed by atoms with Crippen molar-refractivity contribution < 1.29 is 24.2 Å². The molecule has 2 rings (SSSR count). The zero-order chi connectivity index (χ0) is 18.3. The summed E-state index contributed by atoms with van der Waals surface area (Å²) in [6, 6.07) is 15.8. The number of para-hydroxylation sites is 2. The number of rotatable bonds is 8. The Bertz CT molecular complexity index is 732. The van der Waals surface area contributed by atoms with Gasteiger partial charge >= 0.3 is 5.97 Å². The van der Waals surface area contributed by atoms with E-state index < -0.39 is 17.3 Å². The van der Waals surface area contributed by atoms with Crippen LogP contribution in [0.3, 0.4) is 0 Å². The molecule has 0 aromatic heterocycles. The van der Waals surface area contributed by atoms with Gasteiger partial charge in [0.2, 0.25) is 0 Å². The van der Waals surface area contributed by atoms with Gasteiger partial charge in [-0.25, -0.2) is 0 Å². The van der Waals surface area contributed by atoms with Crippen molar-refractivity contribution in [2.45, 2.75) is 12.3 Å². The molecule has 0 aliphatic heterocycles. The van der Waals surface area contributed by atoms with E-state index in [1.54, 1.807) is 55.5 Å². The minimum absolute atomic E-state index is 0.0412. The van der Waals surface area contributed by atoms with Crippen LogP contribution in [0, 0.1) is 0 Å². The highest BCUT2D eigenvalue weighted by molar-refractivity contribution is 5.83. The van der Waals surface area contributed by atoms with Crippen LogP contribution < -0.4 is 14.8 Å². The van der Waals surface area contributed by atoms with E-state index in [-0.39, 0.29) is 13.2 Å². The van der Waals surface area contributed by atoms with Crippen LogP contribution in [0.15, 0.2) is 54.6 Å². The summed E-state index contributed by atoms with van der Waals surface area (Å²) in [6.45, 7) is 1.30. The summed E-state index contributed by atoms with van der Waals surface area (Å²) >= 11 is 0. The molecule has 0 bridgehead atoms. The Morgan fingerprint density at radius 3 is 2.24 bits per heavy atom. The third kappa shape index (κ3) is 4.50. The van der Waals surface area contributed by atoms with E-state index in [1.165, 1.54) is 7.11 Å². The predicted octanol–water partition coefficient (Wildman–Crippen LogP) is 2.23. The number of carbonyl (C=O) groups is 2. The number of hydrogen-bond donors (Lipinski definition) is 2. The molecule has 0 fully saturated rings. The molecule has 2 N–H and O–H groups in total. The lowest BCUT2D eigenvalue weighted by Gasteiger charge is -2.25. The van der Waals surface area contributed by atoms with Gasteiger partial charge < -0.3 is 19.9 Å². The Balaban J connectivity index is 1.97. The Morgan fingerprint density at radius 1 is 1.04 bits per heavy atom. The smallest absolute Gasteiger partial charge is 0.315 e. The number of hydrogen-bond acceptors (Lipinski definition) is 4. The summed E-state index contributed by atoms with van der Waals surface area (Å²) in [5.41, 5.74) is -0.602. The van der Waals surface area contributed by atoms with Gasteiger partial charge in [-0.1, -0.05) is 42.5 Å². The molecule has 0 radical (unpaired) electrons. The number of carboxylic acids is 1. The molecule has 6 heteroatoms. The summed E-state index contributed by atoms with van der Waals surface area (Å²) in [7, 11) is 1.51. The van der Waals surface area contributed by atoms with Gasteiger partial charge in [-0.3, -0.25) is 9.59 Å². The minimum atomic E-state index is -1.22. The average molecular weight is 343 g/mol. The quantitative estimate of drug-likeness (QED) is 0.768. The van der Waals surface area contributed by atoms with E-state index in [0.717, 1.165) is 0 Å². The number of carboxylic acid groups (broad SMARTS) is 1. The van der Waals surface area contributed by atoms with E-state index in [0.29, 0.717) is 17.1 Å². The van der Waals surface area contributed by atoms with Crippen molar-refractivity contribution in [2.75, 3.05) is 20.3 Å². The van der Waals surface area contributed by atoms with E-state index >= 15 is 0 Å². The highest BCUT2D eigenvalue weighted by atomic mass is 16.5. The molecule has 0 saturated heterocycles. The number of ether oxygens (including phenoxy) is 2. The molecule has 1 amide bonds. The standard InChI is InChI=1S/C19H21NO5/c1-19(18(22)23,14-8-4-3-5-9-14)13-20-17(21)12-25-16-11-7-6-10-15(16)24-2/h3-11H,12-13H2,1-2H3,(H,20,21)(H,22,23). The van der Waals surface area contributed by atoms with Gasteiger partial charge in [0.25, 0.3) is 5.91 Å². The molecule has 1 unspecified atom stereocenters. The number of amides is 1. The first-order chi connectivity index (χ1) is 12.0. The van der Waals surface area contributed by atoms with Crippen LogP contribution in [0.25, 0.3) is 0 Å². The van der Waals surface area contributed by atoms with E-state index in [2.05, 4.69) is 5.32 Å². The normalized spacial score (nSPS) is 12.7. The molecule has 0 heterocycles. The van der Waals surface area contributed by atoms with Crippen LogP contribution >= 0.6 is 0 Å². The van der Waals surface area contributed by atoms with Gasteiger partial charge in [0.1, 0.15) is 5.41 Å². The fourth-order valence-electron chi connectivity index (χ4n) is 2.31. The molecule has 1 atom stereocenters. The molecule has 0 saturated carbocycles. The third-order valence-electron chi connectivity index (χ3n) is 3.95. The molecular weight excluding hydrogens is 322 g/mol. The molecule has 6 nitrogen and oxygen atoms in total. The molecule has 0 aliphatic carbocycles. The third-order valence-corrected chi connectivity index (χ3v) is 3.95. The van der Waals surface area contributed by atoms with Crippen molar-refractivity contribution >= 4 is 11.9 Å². The van der Waals surface area contributed by atoms with Crippen molar-refractivity contribution in [3.63, 3.8) is 0 Å². The first-order valence-corrected chi connectivity index (χ1v) is 7.79. The van der Waals surface area contributed by atoms with Crippen LogP contribution in [0.4, 0.5) is 0 Å². The average Bonchev–Trinajstić information content (AvgIpc) is 2.65. The van der Waals surface area contributed by atoms with Crippen molar-refractivity contribution in [3.8, 4) is 11.5 Å². The fourth-order valence-corrected chi connectivity index (χ4v) is 2.31. The number of carbonyl (C=O) groups excluding carboxylic acids is 1. The Kier molecular flexibility index (Phi) is 6.00. The first kappa shape index (κ1) is 18.3. The number of nitrogens with one attached hydrogen (secondary N) is 1. The van der Waals surface area contributed by atoms with E-state index in [4.69, 9.17) is 9.47 Å². The van der Waals surface area contributed by atoms with Gasteiger partial charge in [0.15, 0.2) is 18.1 Å². The second-order valence-corrected chi connectivity index (χ2v) is 5.72. The van der Waals surface area contributed by atoms with Gasteiger partial charge in [-0.15, -0.1) is 0 Å². The first-order valence-electron chi connectivity index (χ1n) is 7.79. The number of benzene rings is 2. The van der Waals surface area contributed by atoms with Crippen LogP contribution in [-0.2, 0) is 15.0 Å². The zero-order valence-electron chi connectivity index (χ0n) is 14.2. The van der Waals surface area contributed by atoms with E-state index in [1.807, 2.05) is 6.07 Å². The van der Waals surface area contributed by atoms with Crippen molar-refractivity contribution in [2.24, 2.45) is 0 Å². The van der Waals surface area contributed by atoms with Crippen LogP contribution in [0.1, 0.15) is 12.5 Å². The predicted molar refractivity (Wildman–Crippen MR) is 92.9 cm³/mol. The lowest BCUT2D eigenvalue weighted by molar-refractivity contribution is -0.143. The van der Waals surface area contributed by atoms with Crippen LogP contribution in [-0.4, -0.2) is 37.2 Å². The monoisotopic (exact) mass is 343 g/mol. The SMILES string of the molecule is COc1ccccc1OCC(=O)NCC(C)(C(=O)O)c1ccccc1. The Hall–Kier alpha value is -3.02. The van der Waals surface area contributed by atoms with E-state index in [9.17, 15) is 14.7 Å². The topological polar surface area (TPSA) is 84.9 Å². The molecule has 0 aliphatic rings. The summed E-state index contributed by atoms with van der Waals surface area (Å²) in [5, 5.41) is 12.2. The Morgan fingerprint density at radius 2 is 1.64 bits per heavy atom. The molecule has 25 heavy (non-hydrogen) atoms. The highest BCUT2D eigenvalue weighted by Crippen LogP contribution is 2.26. The maximum Gasteiger partial charge on any atom is 0.315 e. The Labute approximate surface area is 146 Å². The van der Waals surface area contributed by atoms with Gasteiger partial charge in [0.05, 0.1) is 7.11 Å². The van der Waals surface area contributed by atoms with Crippen molar-refractivity contribution in [3.05, 3.63) is 60.2 Å². The molecule has 2 aromatic carbocycles. The number of aliphatic carboxylic acids is 1. The number of methoxy groups -OCH3 is 1. The largest absolute Gasteiger partial charge is 0.493 e. The molecular formula is C19H21NO5. The summed E-state index contributed by atoms with van der Waals surface area (Å²) in [5.74, 6) is -0.446. The molecule has 0 spiro atoms. The van der Waals surface area contributed by atoms with Gasteiger partial charge in [-0.05, 0) is 24.6 Å².